The molecule has 2 aromatic heterocycles. The fourth-order valence-corrected chi connectivity index (χ4v) is 2.77. The lowest BCUT2D eigenvalue weighted by Gasteiger charge is -2.09. The van der Waals surface area contributed by atoms with Gasteiger partial charge in [-0.25, -0.2) is 15.0 Å². The molecule has 1 N–H and O–H groups in total. The molecule has 0 unspecified atom stereocenters. The number of aromatic nitrogens is 3. The summed E-state index contributed by atoms with van der Waals surface area (Å²) in [5, 5.41) is 3.14. The van der Waals surface area contributed by atoms with Crippen molar-refractivity contribution in [3.63, 3.8) is 0 Å². The van der Waals surface area contributed by atoms with E-state index >= 15 is 0 Å². The Balaban J connectivity index is 1.96. The van der Waals surface area contributed by atoms with Crippen molar-refractivity contribution in [1.29, 1.82) is 0 Å². The fourth-order valence-electron chi connectivity index (χ4n) is 1.55. The molecular weight excluding hydrogens is 328 g/mol. The van der Waals surface area contributed by atoms with Crippen molar-refractivity contribution in [3.05, 3.63) is 26.9 Å². The first-order chi connectivity index (χ1) is 9.22. The Morgan fingerprint density at radius 1 is 1.37 bits per heavy atom. The second-order valence-electron chi connectivity index (χ2n) is 3.83. The highest BCUT2D eigenvalue weighted by atomic mass is 79.9. The zero-order valence-corrected chi connectivity index (χ0v) is 13.2. The van der Waals surface area contributed by atoms with E-state index < -0.39 is 0 Å². The van der Waals surface area contributed by atoms with Crippen molar-refractivity contribution in [2.75, 3.05) is 18.5 Å². The van der Waals surface area contributed by atoms with Crippen LogP contribution in [0.3, 0.4) is 0 Å². The summed E-state index contributed by atoms with van der Waals surface area (Å²) >= 11 is 5.11. The van der Waals surface area contributed by atoms with Gasteiger partial charge in [0.15, 0.2) is 0 Å². The molecule has 5 nitrogen and oxygen atoms in total. The van der Waals surface area contributed by atoms with E-state index in [0.29, 0.717) is 12.5 Å². The number of hydrogen-bond donors (Lipinski definition) is 1. The van der Waals surface area contributed by atoms with Crippen molar-refractivity contribution in [2.24, 2.45) is 0 Å². The van der Waals surface area contributed by atoms with E-state index in [1.807, 2.05) is 19.4 Å². The van der Waals surface area contributed by atoms with Crippen LogP contribution in [-0.2, 0) is 6.42 Å². The maximum Gasteiger partial charge on any atom is 0.233 e. The summed E-state index contributed by atoms with van der Waals surface area (Å²) in [6.07, 6.45) is 2.33. The van der Waals surface area contributed by atoms with Crippen LogP contribution in [0.25, 0.3) is 0 Å². The van der Waals surface area contributed by atoms with E-state index in [9.17, 15) is 0 Å². The third-order valence-corrected chi connectivity index (χ3v) is 4.22. The quantitative estimate of drug-likeness (QED) is 0.874. The van der Waals surface area contributed by atoms with Crippen LogP contribution in [0.15, 0.2) is 16.3 Å². The normalized spacial score (nSPS) is 10.5. The number of hydrogen-bond acceptors (Lipinski definition) is 6. The predicted octanol–water partition coefficient (Wildman–Crippen LogP) is 3.06. The first-order valence-corrected chi connectivity index (χ1v) is 7.65. The molecule has 0 aliphatic carbocycles. The van der Waals surface area contributed by atoms with Crippen LogP contribution in [0.1, 0.15) is 17.5 Å². The zero-order chi connectivity index (χ0) is 13.7. The maximum atomic E-state index is 5.69. The number of ether oxygens (including phenoxy) is 1. The van der Waals surface area contributed by atoms with Crippen LogP contribution in [-0.4, -0.2) is 28.1 Å². The molecule has 0 saturated carbocycles. The van der Waals surface area contributed by atoms with Crippen LogP contribution >= 0.6 is 27.3 Å². The van der Waals surface area contributed by atoms with Gasteiger partial charge in [-0.3, -0.25) is 0 Å². The molecule has 0 saturated heterocycles. The second-order valence-corrected chi connectivity index (χ2v) is 5.56. The van der Waals surface area contributed by atoms with Gasteiger partial charge in [-0.05, 0) is 29.8 Å². The maximum absolute atomic E-state index is 5.69. The number of anilines is 1. The molecule has 0 aliphatic heterocycles. The van der Waals surface area contributed by atoms with Crippen LogP contribution in [0, 0.1) is 6.92 Å². The van der Waals surface area contributed by atoms with Gasteiger partial charge in [0.25, 0.3) is 0 Å². The number of nitrogens with one attached hydrogen (secondary N) is 1. The van der Waals surface area contributed by atoms with Crippen molar-refractivity contribution in [3.8, 4) is 5.88 Å². The summed E-state index contributed by atoms with van der Waals surface area (Å²) < 4.78 is 6.45. The Labute approximate surface area is 124 Å². The number of thiazole rings is 1. The predicted molar refractivity (Wildman–Crippen MR) is 79.9 cm³/mol. The molecule has 19 heavy (non-hydrogen) atoms. The Morgan fingerprint density at radius 3 is 2.89 bits per heavy atom. The van der Waals surface area contributed by atoms with Gasteiger partial charge < -0.3 is 10.1 Å². The minimum atomic E-state index is 0.563. The largest absolute Gasteiger partial charge is 0.476 e. The lowest BCUT2D eigenvalue weighted by molar-refractivity contribution is 0.307. The lowest BCUT2D eigenvalue weighted by Crippen LogP contribution is -2.06. The molecule has 2 rings (SSSR count). The smallest absolute Gasteiger partial charge is 0.233 e. The molecule has 0 fully saturated rings. The van der Waals surface area contributed by atoms with Crippen molar-refractivity contribution >= 4 is 33.1 Å². The standard InChI is InChI=1S/C12H15BrN4OS/c1-3-14-11-10(13)12(16-6-15-11)18-5-4-9-8(2)17-7-19-9/h6-7H,3-5H2,1-2H3,(H,14,15,16). The molecule has 0 spiro atoms. The fraction of sp³-hybridized carbons (Fsp3) is 0.417. The Kier molecular flexibility index (Phi) is 5.09. The van der Waals surface area contributed by atoms with E-state index in [-0.39, 0.29) is 0 Å². The average molecular weight is 343 g/mol. The van der Waals surface area contributed by atoms with Gasteiger partial charge in [0.05, 0.1) is 17.8 Å². The summed E-state index contributed by atoms with van der Waals surface area (Å²) in [6, 6.07) is 0. The van der Waals surface area contributed by atoms with Gasteiger partial charge in [-0.2, -0.15) is 0 Å². The van der Waals surface area contributed by atoms with Crippen LogP contribution in [0.2, 0.25) is 0 Å². The van der Waals surface area contributed by atoms with Crippen molar-refractivity contribution < 1.29 is 4.74 Å². The molecule has 2 heterocycles. The molecule has 0 aromatic carbocycles. The molecule has 0 radical (unpaired) electrons. The minimum Gasteiger partial charge on any atom is -0.476 e. The highest BCUT2D eigenvalue weighted by Gasteiger charge is 2.09. The second kappa shape index (κ2) is 6.81. The molecule has 7 heteroatoms. The molecule has 2 aromatic rings. The van der Waals surface area contributed by atoms with E-state index in [1.54, 1.807) is 11.3 Å². The minimum absolute atomic E-state index is 0.563. The number of halogens is 1. The molecule has 0 aliphatic rings. The monoisotopic (exact) mass is 342 g/mol. The molecule has 0 atom stereocenters. The summed E-state index contributed by atoms with van der Waals surface area (Å²) in [7, 11) is 0. The first-order valence-electron chi connectivity index (χ1n) is 5.98. The van der Waals surface area contributed by atoms with E-state index in [1.165, 1.54) is 11.2 Å². The SMILES string of the molecule is CCNc1ncnc(OCCc2scnc2C)c1Br. The van der Waals surface area contributed by atoms with Crippen molar-refractivity contribution in [1.82, 2.24) is 15.0 Å². The molecule has 102 valence electrons. The Hall–Kier alpha value is -1.21. The topological polar surface area (TPSA) is 59.9 Å². The van der Waals surface area contributed by atoms with Gasteiger partial charge in [0.1, 0.15) is 16.6 Å². The van der Waals surface area contributed by atoms with Gasteiger partial charge in [0.2, 0.25) is 5.88 Å². The van der Waals surface area contributed by atoms with Gasteiger partial charge in [-0.15, -0.1) is 11.3 Å². The molecule has 0 amide bonds. The zero-order valence-electron chi connectivity index (χ0n) is 10.8. The Morgan fingerprint density at radius 2 is 2.21 bits per heavy atom. The molecule has 0 bridgehead atoms. The van der Waals surface area contributed by atoms with Crippen LogP contribution < -0.4 is 10.1 Å². The summed E-state index contributed by atoms with van der Waals surface area (Å²) in [4.78, 5) is 13.7. The van der Waals surface area contributed by atoms with Crippen LogP contribution in [0.5, 0.6) is 5.88 Å². The highest BCUT2D eigenvalue weighted by molar-refractivity contribution is 9.10. The number of nitrogens with zero attached hydrogens (tertiary/aromatic N) is 3. The average Bonchev–Trinajstić information content (AvgIpc) is 2.80. The van der Waals surface area contributed by atoms with E-state index in [2.05, 4.69) is 36.2 Å². The Bertz CT molecular complexity index is 546. The van der Waals surface area contributed by atoms with E-state index in [0.717, 1.165) is 29.0 Å². The summed E-state index contributed by atoms with van der Waals surface area (Å²) in [5.74, 6) is 1.31. The van der Waals surface area contributed by atoms with Crippen molar-refractivity contribution in [2.45, 2.75) is 20.3 Å². The van der Waals surface area contributed by atoms with Gasteiger partial charge in [-0.1, -0.05) is 0 Å². The summed E-state index contributed by atoms with van der Waals surface area (Å²) in [6.45, 7) is 5.40. The molecular formula is C12H15BrN4OS. The van der Waals surface area contributed by atoms with Gasteiger partial charge >= 0.3 is 0 Å². The van der Waals surface area contributed by atoms with Crippen LogP contribution in [0.4, 0.5) is 5.82 Å². The third kappa shape index (κ3) is 3.63. The van der Waals surface area contributed by atoms with E-state index in [4.69, 9.17) is 4.74 Å². The first kappa shape index (κ1) is 14.2. The van der Waals surface area contributed by atoms with Gasteiger partial charge in [0, 0.05) is 17.8 Å². The third-order valence-electron chi connectivity index (χ3n) is 2.51. The number of rotatable bonds is 6. The number of aryl methyl sites for hydroxylation is 1. The lowest BCUT2D eigenvalue weighted by atomic mass is 10.3. The summed E-state index contributed by atoms with van der Waals surface area (Å²) in [5.41, 5.74) is 2.93. The highest BCUT2D eigenvalue weighted by Crippen LogP contribution is 2.28.